The lowest BCUT2D eigenvalue weighted by Crippen LogP contribution is -1.95. The van der Waals surface area contributed by atoms with Crippen molar-refractivity contribution in [2.45, 2.75) is 13.8 Å². The van der Waals surface area contributed by atoms with Gasteiger partial charge in [0, 0.05) is 8.95 Å². The van der Waals surface area contributed by atoms with Crippen LogP contribution in [-0.2, 0) is 0 Å². The van der Waals surface area contributed by atoms with Gasteiger partial charge in [-0.15, -0.1) is 0 Å². The topological polar surface area (TPSA) is 18.5 Å². The van der Waals surface area contributed by atoms with E-state index in [4.69, 9.17) is 9.47 Å². The maximum absolute atomic E-state index is 5.87. The number of fused-ring (bicyclic) bond motifs is 2. The van der Waals surface area contributed by atoms with Gasteiger partial charge in [-0.05, 0) is 95.1 Å². The molecule has 4 aromatic carbocycles. The molecule has 0 aliphatic rings. The van der Waals surface area contributed by atoms with Gasteiger partial charge in [0.15, 0.2) is 0 Å². The molecule has 0 aliphatic carbocycles. The van der Waals surface area contributed by atoms with Crippen LogP contribution in [0.25, 0.3) is 32.7 Å². The largest absolute Gasteiger partial charge is 0.494 e. The van der Waals surface area contributed by atoms with Crippen molar-refractivity contribution in [3.8, 4) is 22.6 Å². The highest BCUT2D eigenvalue weighted by atomic mass is 79.9. The number of rotatable bonds is 5. The van der Waals surface area contributed by atoms with Gasteiger partial charge in [-0.2, -0.15) is 0 Å². The van der Waals surface area contributed by atoms with E-state index in [0.29, 0.717) is 13.2 Å². The minimum Gasteiger partial charge on any atom is -0.494 e. The molecule has 0 saturated carbocycles. The number of hydrogen-bond donors (Lipinski definition) is 0. The van der Waals surface area contributed by atoms with Crippen LogP contribution in [0.1, 0.15) is 13.8 Å². The fourth-order valence-corrected chi connectivity index (χ4v) is 4.33. The Labute approximate surface area is 181 Å². The lowest BCUT2D eigenvalue weighted by Gasteiger charge is -2.15. The van der Waals surface area contributed by atoms with Gasteiger partial charge in [-0.3, -0.25) is 0 Å². The van der Waals surface area contributed by atoms with Crippen LogP contribution in [0.15, 0.2) is 69.6 Å². The molecule has 0 fully saturated rings. The van der Waals surface area contributed by atoms with Crippen LogP contribution >= 0.6 is 31.9 Å². The zero-order valence-electron chi connectivity index (χ0n) is 15.8. The predicted molar refractivity (Wildman–Crippen MR) is 125 cm³/mol. The van der Waals surface area contributed by atoms with E-state index in [1.165, 1.54) is 10.8 Å². The van der Waals surface area contributed by atoms with Gasteiger partial charge in [0.05, 0.1) is 13.2 Å². The third-order valence-corrected chi connectivity index (χ3v) is 5.67. The lowest BCUT2D eigenvalue weighted by molar-refractivity contribution is 0.340. The number of halogens is 2. The maximum Gasteiger partial charge on any atom is 0.120 e. The fraction of sp³-hybridized carbons (Fsp3) is 0.167. The molecular formula is C24H20Br2O2. The second-order valence-electron chi connectivity index (χ2n) is 6.54. The number of ether oxygens (including phenoxy) is 2. The van der Waals surface area contributed by atoms with E-state index in [1.807, 2.05) is 13.8 Å². The molecule has 0 aromatic heterocycles. The first kappa shape index (κ1) is 19.3. The molecule has 0 spiro atoms. The molecule has 2 nitrogen and oxygen atoms in total. The molecule has 28 heavy (non-hydrogen) atoms. The molecular weight excluding hydrogens is 480 g/mol. The van der Waals surface area contributed by atoms with Crippen LogP contribution in [0.2, 0.25) is 0 Å². The molecule has 0 unspecified atom stereocenters. The normalized spacial score (nSPS) is 11.1. The Morgan fingerprint density at radius 1 is 0.607 bits per heavy atom. The Morgan fingerprint density at radius 2 is 1.04 bits per heavy atom. The molecule has 0 aliphatic heterocycles. The van der Waals surface area contributed by atoms with Crippen molar-refractivity contribution in [3.05, 3.63) is 69.6 Å². The molecule has 0 heterocycles. The highest BCUT2D eigenvalue weighted by molar-refractivity contribution is 9.10. The van der Waals surface area contributed by atoms with Crippen LogP contribution in [0.3, 0.4) is 0 Å². The summed E-state index contributed by atoms with van der Waals surface area (Å²) in [6.45, 7) is 5.28. The van der Waals surface area contributed by atoms with Gasteiger partial charge in [0.25, 0.3) is 0 Å². The van der Waals surface area contributed by atoms with Crippen LogP contribution in [0.4, 0.5) is 0 Å². The van der Waals surface area contributed by atoms with Crippen molar-refractivity contribution >= 4 is 53.4 Å². The summed E-state index contributed by atoms with van der Waals surface area (Å²) < 4.78 is 13.8. The van der Waals surface area contributed by atoms with Gasteiger partial charge in [0.2, 0.25) is 0 Å². The first-order valence-corrected chi connectivity index (χ1v) is 10.9. The molecule has 0 radical (unpaired) electrons. The molecule has 4 heteroatoms. The predicted octanol–water partition coefficient (Wildman–Crippen LogP) is 7.98. The Bertz CT molecular complexity index is 1080. The molecule has 0 bridgehead atoms. The molecule has 0 atom stereocenters. The molecule has 142 valence electrons. The second-order valence-corrected chi connectivity index (χ2v) is 8.37. The average Bonchev–Trinajstić information content (AvgIpc) is 2.66. The van der Waals surface area contributed by atoms with E-state index in [2.05, 4.69) is 92.5 Å². The Morgan fingerprint density at radius 3 is 1.43 bits per heavy atom. The van der Waals surface area contributed by atoms with Crippen LogP contribution in [-0.4, -0.2) is 13.2 Å². The highest BCUT2D eigenvalue weighted by Crippen LogP contribution is 2.40. The second kappa shape index (κ2) is 8.14. The molecule has 0 N–H and O–H groups in total. The van der Waals surface area contributed by atoms with Crippen molar-refractivity contribution in [3.63, 3.8) is 0 Å². The summed E-state index contributed by atoms with van der Waals surface area (Å²) in [6, 6.07) is 21.2. The summed E-state index contributed by atoms with van der Waals surface area (Å²) in [5.74, 6) is 1.74. The first-order valence-electron chi connectivity index (χ1n) is 9.31. The minimum absolute atomic E-state index is 0.631. The third kappa shape index (κ3) is 3.76. The minimum atomic E-state index is 0.631. The zero-order chi connectivity index (χ0) is 19.7. The quantitative estimate of drug-likeness (QED) is 0.277. The summed E-state index contributed by atoms with van der Waals surface area (Å²) in [7, 11) is 0. The van der Waals surface area contributed by atoms with Crippen molar-refractivity contribution < 1.29 is 9.47 Å². The zero-order valence-corrected chi connectivity index (χ0v) is 18.9. The van der Waals surface area contributed by atoms with E-state index >= 15 is 0 Å². The molecule has 4 rings (SSSR count). The standard InChI is InChI=1S/C24H20Br2O2/c1-3-27-19-11-15-9-17(25)5-7-21(15)23(13-19)24-14-20(28-4-2)12-16-10-18(26)6-8-22(16)24/h5-14H,3-4H2,1-2H3. The Hall–Kier alpha value is -2.04. The molecule has 0 amide bonds. The van der Waals surface area contributed by atoms with E-state index in [1.54, 1.807) is 0 Å². The summed E-state index contributed by atoms with van der Waals surface area (Å²) in [4.78, 5) is 0. The summed E-state index contributed by atoms with van der Waals surface area (Å²) in [5, 5.41) is 4.65. The van der Waals surface area contributed by atoms with E-state index in [0.717, 1.165) is 42.3 Å². The number of hydrogen-bond acceptors (Lipinski definition) is 2. The van der Waals surface area contributed by atoms with Crippen molar-refractivity contribution in [1.29, 1.82) is 0 Å². The molecule has 4 aromatic rings. The lowest BCUT2D eigenvalue weighted by atomic mass is 9.93. The van der Waals surface area contributed by atoms with Crippen LogP contribution < -0.4 is 9.47 Å². The molecule has 0 saturated heterocycles. The van der Waals surface area contributed by atoms with Gasteiger partial charge in [-0.1, -0.05) is 44.0 Å². The van der Waals surface area contributed by atoms with E-state index in [-0.39, 0.29) is 0 Å². The monoisotopic (exact) mass is 498 g/mol. The van der Waals surface area contributed by atoms with Crippen molar-refractivity contribution in [2.24, 2.45) is 0 Å². The van der Waals surface area contributed by atoms with Crippen molar-refractivity contribution in [2.75, 3.05) is 13.2 Å². The Balaban J connectivity index is 2.07. The smallest absolute Gasteiger partial charge is 0.120 e. The summed E-state index contributed by atoms with van der Waals surface area (Å²) >= 11 is 7.18. The summed E-state index contributed by atoms with van der Waals surface area (Å²) in [5.41, 5.74) is 2.28. The third-order valence-electron chi connectivity index (χ3n) is 4.69. The fourth-order valence-electron chi connectivity index (χ4n) is 3.57. The summed E-state index contributed by atoms with van der Waals surface area (Å²) in [6.07, 6.45) is 0. The van der Waals surface area contributed by atoms with E-state index in [9.17, 15) is 0 Å². The van der Waals surface area contributed by atoms with E-state index < -0.39 is 0 Å². The first-order chi connectivity index (χ1) is 13.6. The number of benzene rings is 4. The highest BCUT2D eigenvalue weighted by Gasteiger charge is 2.13. The van der Waals surface area contributed by atoms with Crippen LogP contribution in [0.5, 0.6) is 11.5 Å². The maximum atomic E-state index is 5.87. The van der Waals surface area contributed by atoms with Crippen LogP contribution in [0, 0.1) is 0 Å². The Kier molecular flexibility index (Phi) is 5.61. The van der Waals surface area contributed by atoms with Gasteiger partial charge >= 0.3 is 0 Å². The van der Waals surface area contributed by atoms with Gasteiger partial charge < -0.3 is 9.47 Å². The van der Waals surface area contributed by atoms with Gasteiger partial charge in [0.1, 0.15) is 11.5 Å². The SMILES string of the molecule is CCOc1cc(-c2cc(OCC)cc3cc(Br)ccc23)c2ccc(Br)cc2c1. The van der Waals surface area contributed by atoms with Gasteiger partial charge in [-0.25, -0.2) is 0 Å². The average molecular weight is 500 g/mol. The van der Waals surface area contributed by atoms with Crippen molar-refractivity contribution in [1.82, 2.24) is 0 Å².